The normalized spacial score (nSPS) is 14.0. The van der Waals surface area contributed by atoms with E-state index < -0.39 is 6.09 Å². The number of carbonyl (C=O) groups is 2. The third-order valence-electron chi connectivity index (χ3n) is 5.28. The molecular weight excluding hydrogens is 354 g/mol. The summed E-state index contributed by atoms with van der Waals surface area (Å²) < 4.78 is 5.23. The van der Waals surface area contributed by atoms with Gasteiger partial charge in [-0.25, -0.2) is 4.79 Å². The van der Waals surface area contributed by atoms with Crippen molar-refractivity contribution in [1.82, 2.24) is 15.2 Å². The lowest BCUT2D eigenvalue weighted by Crippen LogP contribution is -2.61. The molecule has 0 unspecified atom stereocenters. The van der Waals surface area contributed by atoms with Crippen molar-refractivity contribution in [2.24, 2.45) is 0 Å². The number of rotatable bonds is 4. The molecule has 2 N–H and O–H groups in total. The molecule has 6 heteroatoms. The number of alkyl carbamates (subject to hydrolysis) is 1. The Labute approximate surface area is 163 Å². The van der Waals surface area contributed by atoms with E-state index >= 15 is 0 Å². The number of amides is 2. The molecular formula is C22H23N3O3. The van der Waals surface area contributed by atoms with Gasteiger partial charge in [0.15, 0.2) is 0 Å². The maximum atomic E-state index is 12.9. The van der Waals surface area contributed by atoms with E-state index in [1.54, 1.807) is 4.90 Å². The highest BCUT2D eigenvalue weighted by Crippen LogP contribution is 2.26. The maximum absolute atomic E-state index is 12.9. The fourth-order valence-corrected chi connectivity index (χ4v) is 3.50. The summed E-state index contributed by atoms with van der Waals surface area (Å²) in [7, 11) is 0. The molecule has 1 aliphatic heterocycles. The molecule has 2 amide bonds. The highest BCUT2D eigenvalue weighted by atomic mass is 16.5. The maximum Gasteiger partial charge on any atom is 0.407 e. The van der Waals surface area contributed by atoms with Crippen LogP contribution < -0.4 is 5.32 Å². The van der Waals surface area contributed by atoms with Crippen LogP contribution in [0, 0.1) is 13.8 Å². The van der Waals surface area contributed by atoms with Crippen LogP contribution in [0.1, 0.15) is 27.2 Å². The average molecular weight is 377 g/mol. The number of benzene rings is 2. The Balaban J connectivity index is 1.32. The van der Waals surface area contributed by atoms with Crippen LogP contribution in [-0.4, -0.2) is 41.0 Å². The fraction of sp³-hybridized carbons (Fsp3) is 0.273. The number of ether oxygens (including phenoxy) is 1. The Kier molecular flexibility index (Phi) is 4.77. The highest BCUT2D eigenvalue weighted by molar-refractivity contribution is 6.07. The molecule has 0 saturated carbocycles. The third kappa shape index (κ3) is 3.45. The number of fused-ring (bicyclic) bond motifs is 1. The van der Waals surface area contributed by atoms with Gasteiger partial charge in [0, 0.05) is 24.2 Å². The smallest absolute Gasteiger partial charge is 0.407 e. The molecule has 0 atom stereocenters. The molecule has 0 spiro atoms. The van der Waals surface area contributed by atoms with Gasteiger partial charge in [-0.3, -0.25) is 4.79 Å². The molecule has 1 fully saturated rings. The van der Waals surface area contributed by atoms with Gasteiger partial charge in [0.05, 0.1) is 17.1 Å². The minimum Gasteiger partial charge on any atom is -0.445 e. The van der Waals surface area contributed by atoms with E-state index in [0.29, 0.717) is 18.7 Å². The van der Waals surface area contributed by atoms with E-state index in [0.717, 1.165) is 27.7 Å². The largest absolute Gasteiger partial charge is 0.445 e. The van der Waals surface area contributed by atoms with Gasteiger partial charge in [0.25, 0.3) is 5.91 Å². The SMILES string of the molecule is Cc1[nH]c2c(C(=O)N3CC(NC(=O)OCc4ccccc4)C3)cccc2c1C. The van der Waals surface area contributed by atoms with E-state index in [-0.39, 0.29) is 18.6 Å². The van der Waals surface area contributed by atoms with E-state index in [4.69, 9.17) is 4.74 Å². The van der Waals surface area contributed by atoms with Gasteiger partial charge >= 0.3 is 6.09 Å². The van der Waals surface area contributed by atoms with Crippen LogP contribution in [0.3, 0.4) is 0 Å². The van der Waals surface area contributed by atoms with Crippen LogP contribution in [0.25, 0.3) is 10.9 Å². The average Bonchev–Trinajstić information content (AvgIpc) is 2.97. The van der Waals surface area contributed by atoms with E-state index in [1.165, 1.54) is 0 Å². The van der Waals surface area contributed by atoms with Crippen LogP contribution in [0.15, 0.2) is 48.5 Å². The first-order valence-corrected chi connectivity index (χ1v) is 9.37. The van der Waals surface area contributed by atoms with Crippen molar-refractivity contribution in [3.05, 3.63) is 70.9 Å². The van der Waals surface area contributed by atoms with Crippen molar-refractivity contribution in [3.8, 4) is 0 Å². The summed E-state index contributed by atoms with van der Waals surface area (Å²) in [4.78, 5) is 29.9. The lowest BCUT2D eigenvalue weighted by Gasteiger charge is -2.39. The number of hydrogen-bond donors (Lipinski definition) is 2. The van der Waals surface area contributed by atoms with E-state index in [1.807, 2.05) is 62.4 Å². The molecule has 0 radical (unpaired) electrons. The van der Waals surface area contributed by atoms with Gasteiger partial charge in [-0.2, -0.15) is 0 Å². The Hall–Kier alpha value is -3.28. The van der Waals surface area contributed by atoms with Crippen LogP contribution in [-0.2, 0) is 11.3 Å². The number of nitrogens with zero attached hydrogens (tertiary/aromatic N) is 1. The minimum atomic E-state index is -0.460. The van der Waals surface area contributed by atoms with Gasteiger partial charge in [-0.15, -0.1) is 0 Å². The second-order valence-corrected chi connectivity index (χ2v) is 7.22. The highest BCUT2D eigenvalue weighted by Gasteiger charge is 2.33. The second kappa shape index (κ2) is 7.38. The Morgan fingerprint density at radius 1 is 1.11 bits per heavy atom. The van der Waals surface area contributed by atoms with Gasteiger partial charge < -0.3 is 19.9 Å². The quantitative estimate of drug-likeness (QED) is 0.730. The van der Waals surface area contributed by atoms with E-state index in [9.17, 15) is 9.59 Å². The summed E-state index contributed by atoms with van der Waals surface area (Å²) in [5, 5.41) is 3.88. The molecule has 2 aromatic carbocycles. The standard InChI is InChI=1S/C22H23N3O3/c1-14-15(2)23-20-18(14)9-6-10-19(20)21(26)25-11-17(12-25)24-22(27)28-13-16-7-4-3-5-8-16/h3-10,17,23H,11-13H2,1-2H3,(H,24,27). The van der Waals surface area contributed by atoms with Crippen molar-refractivity contribution >= 4 is 22.9 Å². The number of H-pyrrole nitrogens is 1. The van der Waals surface area contributed by atoms with Gasteiger partial charge in [-0.1, -0.05) is 42.5 Å². The first-order chi connectivity index (χ1) is 13.5. The zero-order chi connectivity index (χ0) is 19.7. The fourth-order valence-electron chi connectivity index (χ4n) is 3.50. The molecule has 1 aromatic heterocycles. The van der Waals surface area contributed by atoms with Crippen LogP contribution in [0.2, 0.25) is 0 Å². The van der Waals surface area contributed by atoms with Gasteiger partial charge in [0.2, 0.25) is 0 Å². The van der Waals surface area contributed by atoms with Gasteiger partial charge in [-0.05, 0) is 31.0 Å². The van der Waals surface area contributed by atoms with Gasteiger partial charge in [0.1, 0.15) is 6.61 Å². The summed E-state index contributed by atoms with van der Waals surface area (Å²) in [5.74, 6) is -0.0254. The summed E-state index contributed by atoms with van der Waals surface area (Å²) in [6.45, 7) is 5.25. The molecule has 1 aliphatic rings. The molecule has 28 heavy (non-hydrogen) atoms. The number of nitrogens with one attached hydrogen (secondary N) is 2. The number of aryl methyl sites for hydroxylation is 2. The number of likely N-dealkylation sites (tertiary alicyclic amines) is 1. The second-order valence-electron chi connectivity index (χ2n) is 7.22. The number of aromatic amines is 1. The zero-order valence-electron chi connectivity index (χ0n) is 16.0. The number of hydrogen-bond acceptors (Lipinski definition) is 3. The molecule has 4 rings (SSSR count). The van der Waals surface area contributed by atoms with Crippen molar-refractivity contribution in [2.45, 2.75) is 26.5 Å². The first-order valence-electron chi connectivity index (χ1n) is 9.37. The predicted octanol–water partition coefficient (Wildman–Crippen LogP) is 3.54. The predicted molar refractivity (Wildman–Crippen MR) is 107 cm³/mol. The Bertz CT molecular complexity index is 1020. The third-order valence-corrected chi connectivity index (χ3v) is 5.28. The summed E-state index contributed by atoms with van der Waals surface area (Å²) in [6, 6.07) is 15.2. The molecule has 144 valence electrons. The molecule has 0 bridgehead atoms. The van der Waals surface area contributed by atoms with Crippen molar-refractivity contribution < 1.29 is 14.3 Å². The molecule has 0 aliphatic carbocycles. The van der Waals surface area contributed by atoms with Crippen molar-refractivity contribution in [1.29, 1.82) is 0 Å². The lowest BCUT2D eigenvalue weighted by atomic mass is 10.0. The van der Waals surface area contributed by atoms with Crippen LogP contribution in [0.5, 0.6) is 0 Å². The summed E-state index contributed by atoms with van der Waals surface area (Å²) >= 11 is 0. The van der Waals surface area contributed by atoms with Crippen LogP contribution in [0.4, 0.5) is 4.79 Å². The number of carbonyl (C=O) groups excluding carboxylic acids is 2. The van der Waals surface area contributed by atoms with Crippen molar-refractivity contribution in [2.75, 3.05) is 13.1 Å². The molecule has 6 nitrogen and oxygen atoms in total. The number of para-hydroxylation sites is 1. The first kappa shape index (κ1) is 18.1. The topological polar surface area (TPSA) is 74.4 Å². The minimum absolute atomic E-state index is 0.0254. The summed E-state index contributed by atoms with van der Waals surface area (Å²) in [5.41, 5.74) is 4.71. The summed E-state index contributed by atoms with van der Waals surface area (Å²) in [6.07, 6.45) is -0.460. The molecule has 3 aromatic rings. The molecule has 2 heterocycles. The lowest BCUT2D eigenvalue weighted by molar-refractivity contribution is 0.0547. The Morgan fingerprint density at radius 3 is 2.61 bits per heavy atom. The number of aromatic nitrogens is 1. The van der Waals surface area contributed by atoms with E-state index in [2.05, 4.69) is 10.3 Å². The molecule has 1 saturated heterocycles. The zero-order valence-corrected chi connectivity index (χ0v) is 16.0. The van der Waals surface area contributed by atoms with Crippen LogP contribution >= 0.6 is 0 Å². The Morgan fingerprint density at radius 2 is 1.86 bits per heavy atom. The monoisotopic (exact) mass is 377 g/mol. The van der Waals surface area contributed by atoms with Crippen molar-refractivity contribution in [3.63, 3.8) is 0 Å².